The zero-order valence-electron chi connectivity index (χ0n) is 13.2. The predicted molar refractivity (Wildman–Crippen MR) is 90.4 cm³/mol. The molecule has 1 aromatic heterocycles. The van der Waals surface area contributed by atoms with Crippen molar-refractivity contribution in [2.24, 2.45) is 0 Å². The van der Waals surface area contributed by atoms with Crippen LogP contribution in [0.1, 0.15) is 37.1 Å². The van der Waals surface area contributed by atoms with Gasteiger partial charge in [-0.3, -0.25) is 0 Å². The summed E-state index contributed by atoms with van der Waals surface area (Å²) in [5.74, 6) is -0.0922. The molecule has 2 aromatic rings. The van der Waals surface area contributed by atoms with Gasteiger partial charge in [-0.05, 0) is 50.7 Å². The second-order valence-corrected chi connectivity index (χ2v) is 6.67. The maximum Gasteiger partial charge on any atom is 0.132 e. The molecule has 0 bridgehead atoms. The number of nitrogens with one attached hydrogen (secondary N) is 1. The van der Waals surface area contributed by atoms with Crippen molar-refractivity contribution in [3.63, 3.8) is 0 Å². The van der Waals surface area contributed by atoms with E-state index in [4.69, 9.17) is 0 Å². The molecule has 0 spiro atoms. The predicted octanol–water partition coefficient (Wildman–Crippen LogP) is 4.38. The average Bonchev–Trinajstić information content (AvgIpc) is 2.79. The Morgan fingerprint density at radius 1 is 1.24 bits per heavy atom. The maximum atomic E-state index is 14.3. The van der Waals surface area contributed by atoms with E-state index in [0.717, 1.165) is 54.7 Å². The van der Waals surface area contributed by atoms with Crippen LogP contribution in [0.5, 0.6) is 0 Å². The Labute approximate surface area is 131 Å². The number of hydrogen-bond donors (Lipinski definition) is 1. The minimum Gasteiger partial charge on any atom is -0.312 e. The summed E-state index contributed by atoms with van der Waals surface area (Å²) >= 11 is 1.72. The molecule has 0 saturated heterocycles. The van der Waals surface area contributed by atoms with E-state index in [2.05, 4.69) is 31.1 Å². The maximum absolute atomic E-state index is 14.3. The molecule has 4 heteroatoms. The molecule has 0 radical (unpaired) electrons. The highest BCUT2D eigenvalue weighted by molar-refractivity contribution is 7.19. The van der Waals surface area contributed by atoms with E-state index >= 15 is 0 Å². The fourth-order valence-electron chi connectivity index (χ4n) is 2.64. The summed E-state index contributed by atoms with van der Waals surface area (Å²) < 4.78 is 15.3. The Kier molecular flexibility index (Phi) is 6.15. The molecule has 0 saturated carbocycles. The Hall–Kier alpha value is -0.970. The first-order chi connectivity index (χ1) is 10.2. The molecular formula is C17H25FN2S. The molecule has 2 rings (SSSR count). The zero-order valence-corrected chi connectivity index (χ0v) is 14.0. The number of fused-ring (bicyclic) bond motifs is 1. The smallest absolute Gasteiger partial charge is 0.132 e. The average molecular weight is 308 g/mol. The monoisotopic (exact) mass is 308 g/mol. The van der Waals surface area contributed by atoms with Crippen LogP contribution in [-0.2, 0) is 13.1 Å². The van der Waals surface area contributed by atoms with Gasteiger partial charge in [0.1, 0.15) is 5.82 Å². The number of nitrogens with zero attached hydrogens (tertiary/aromatic N) is 1. The standard InChI is InChI=1S/C17H25FN2S/c1-4-9-19-11-16-13(12-20(3)10-5-2)17-14(18)7-6-8-15(17)21-16/h6-8,19H,4-5,9-12H2,1-3H3. The molecule has 0 fully saturated rings. The molecule has 21 heavy (non-hydrogen) atoms. The number of rotatable bonds is 8. The molecule has 1 heterocycles. The minimum absolute atomic E-state index is 0.0922. The fourth-order valence-corrected chi connectivity index (χ4v) is 3.83. The van der Waals surface area contributed by atoms with Crippen LogP contribution < -0.4 is 5.32 Å². The molecule has 1 N–H and O–H groups in total. The molecule has 2 nitrogen and oxygen atoms in total. The largest absolute Gasteiger partial charge is 0.312 e. The second-order valence-electron chi connectivity index (χ2n) is 5.53. The van der Waals surface area contributed by atoms with Crippen molar-refractivity contribution in [2.75, 3.05) is 20.1 Å². The van der Waals surface area contributed by atoms with Gasteiger partial charge in [-0.2, -0.15) is 0 Å². The summed E-state index contributed by atoms with van der Waals surface area (Å²) in [6.45, 7) is 8.02. The van der Waals surface area contributed by atoms with Crippen LogP contribution in [0.4, 0.5) is 4.39 Å². The van der Waals surface area contributed by atoms with E-state index in [-0.39, 0.29) is 5.82 Å². The molecule has 0 aliphatic rings. The molecular weight excluding hydrogens is 283 g/mol. The van der Waals surface area contributed by atoms with Gasteiger partial charge in [-0.15, -0.1) is 11.3 Å². The highest BCUT2D eigenvalue weighted by atomic mass is 32.1. The number of hydrogen-bond acceptors (Lipinski definition) is 3. The molecule has 116 valence electrons. The number of benzene rings is 1. The van der Waals surface area contributed by atoms with Gasteiger partial charge in [-0.1, -0.05) is 19.9 Å². The number of halogens is 1. The molecule has 0 amide bonds. The van der Waals surface area contributed by atoms with Crippen LogP contribution in [-0.4, -0.2) is 25.0 Å². The first-order valence-electron chi connectivity index (χ1n) is 7.75. The van der Waals surface area contributed by atoms with Crippen molar-refractivity contribution in [3.05, 3.63) is 34.5 Å². The Bertz CT molecular complexity index is 579. The van der Waals surface area contributed by atoms with Crippen molar-refractivity contribution in [1.82, 2.24) is 10.2 Å². The van der Waals surface area contributed by atoms with Gasteiger partial charge in [0, 0.05) is 28.1 Å². The van der Waals surface area contributed by atoms with E-state index < -0.39 is 0 Å². The summed E-state index contributed by atoms with van der Waals surface area (Å²) in [6, 6.07) is 5.40. The Morgan fingerprint density at radius 2 is 2.05 bits per heavy atom. The van der Waals surface area contributed by atoms with Gasteiger partial charge in [0.25, 0.3) is 0 Å². The van der Waals surface area contributed by atoms with Crippen LogP contribution in [0.3, 0.4) is 0 Å². The molecule has 0 aliphatic carbocycles. The Balaban J connectivity index is 2.34. The lowest BCUT2D eigenvalue weighted by Gasteiger charge is -2.16. The quantitative estimate of drug-likeness (QED) is 0.728. The topological polar surface area (TPSA) is 15.3 Å². The van der Waals surface area contributed by atoms with Crippen molar-refractivity contribution < 1.29 is 4.39 Å². The fraction of sp³-hybridized carbons (Fsp3) is 0.529. The van der Waals surface area contributed by atoms with Gasteiger partial charge in [0.2, 0.25) is 0 Å². The molecule has 0 atom stereocenters. The Morgan fingerprint density at radius 3 is 2.76 bits per heavy atom. The van der Waals surface area contributed by atoms with E-state index in [9.17, 15) is 4.39 Å². The van der Waals surface area contributed by atoms with Crippen LogP contribution in [0, 0.1) is 5.82 Å². The zero-order chi connectivity index (χ0) is 15.2. The highest BCUT2D eigenvalue weighted by Gasteiger charge is 2.16. The van der Waals surface area contributed by atoms with Crippen molar-refractivity contribution in [3.8, 4) is 0 Å². The van der Waals surface area contributed by atoms with Crippen LogP contribution >= 0.6 is 11.3 Å². The lowest BCUT2D eigenvalue weighted by molar-refractivity contribution is 0.327. The van der Waals surface area contributed by atoms with Gasteiger partial charge in [-0.25, -0.2) is 4.39 Å². The van der Waals surface area contributed by atoms with E-state index in [0.29, 0.717) is 0 Å². The summed E-state index contributed by atoms with van der Waals surface area (Å²) in [6.07, 6.45) is 2.23. The van der Waals surface area contributed by atoms with Crippen LogP contribution in [0.15, 0.2) is 18.2 Å². The van der Waals surface area contributed by atoms with E-state index in [1.807, 2.05) is 6.07 Å². The van der Waals surface area contributed by atoms with Crippen molar-refractivity contribution >= 4 is 21.4 Å². The first kappa shape index (κ1) is 16.4. The SMILES string of the molecule is CCCNCc1sc2cccc(F)c2c1CN(C)CCC. The van der Waals surface area contributed by atoms with Crippen LogP contribution in [0.2, 0.25) is 0 Å². The summed E-state index contributed by atoms with van der Waals surface area (Å²) in [7, 11) is 2.11. The molecule has 0 aliphatic heterocycles. The summed E-state index contributed by atoms with van der Waals surface area (Å²) in [5, 5.41) is 4.27. The third-order valence-corrected chi connectivity index (χ3v) is 4.79. The second kappa shape index (κ2) is 7.87. The third-order valence-electron chi connectivity index (χ3n) is 3.59. The van der Waals surface area contributed by atoms with Crippen LogP contribution in [0.25, 0.3) is 10.1 Å². The van der Waals surface area contributed by atoms with Gasteiger partial charge in [0.15, 0.2) is 0 Å². The van der Waals surface area contributed by atoms with Gasteiger partial charge >= 0.3 is 0 Å². The van der Waals surface area contributed by atoms with Crippen molar-refractivity contribution in [1.29, 1.82) is 0 Å². The summed E-state index contributed by atoms with van der Waals surface area (Å²) in [4.78, 5) is 3.54. The van der Waals surface area contributed by atoms with Gasteiger partial charge < -0.3 is 10.2 Å². The van der Waals surface area contributed by atoms with Crippen molar-refractivity contribution in [2.45, 2.75) is 39.8 Å². The lowest BCUT2D eigenvalue weighted by atomic mass is 10.1. The molecule has 1 aromatic carbocycles. The van der Waals surface area contributed by atoms with E-state index in [1.54, 1.807) is 23.5 Å². The third kappa shape index (κ3) is 4.02. The molecule has 0 unspecified atom stereocenters. The highest BCUT2D eigenvalue weighted by Crippen LogP contribution is 2.34. The number of thiophene rings is 1. The summed E-state index contributed by atoms with van der Waals surface area (Å²) in [5.41, 5.74) is 1.16. The normalized spacial score (nSPS) is 11.7. The minimum atomic E-state index is -0.0922. The lowest BCUT2D eigenvalue weighted by Crippen LogP contribution is -2.20. The van der Waals surface area contributed by atoms with E-state index in [1.165, 1.54) is 4.88 Å². The van der Waals surface area contributed by atoms with Gasteiger partial charge in [0.05, 0.1) is 0 Å². The first-order valence-corrected chi connectivity index (χ1v) is 8.57.